The number of hydrogen-bond donors (Lipinski definition) is 0. The number of carbonyl (C=O) groups excluding carboxylic acids is 1. The van der Waals surface area contributed by atoms with Gasteiger partial charge in [0.05, 0.1) is 24.2 Å². The smallest absolute Gasteiger partial charge is 0.196 e. The first-order valence-corrected chi connectivity index (χ1v) is 12.9. The summed E-state index contributed by atoms with van der Waals surface area (Å²) < 4.78 is 32.9. The lowest BCUT2D eigenvalue weighted by atomic mass is 10.0. The molecule has 1 atom stereocenters. The Bertz CT molecular complexity index is 1430. The van der Waals surface area contributed by atoms with Crippen LogP contribution in [0.1, 0.15) is 48.1 Å². The Morgan fingerprint density at radius 2 is 1.79 bits per heavy atom. The zero-order valence-electron chi connectivity index (χ0n) is 19.6. The maximum absolute atomic E-state index is 12.8. The van der Waals surface area contributed by atoms with Gasteiger partial charge in [-0.3, -0.25) is 4.79 Å². The van der Waals surface area contributed by atoms with E-state index in [1.807, 2.05) is 24.3 Å². The molecule has 0 aliphatic carbocycles. The van der Waals surface area contributed by atoms with E-state index in [0.717, 1.165) is 23.1 Å². The Kier molecular flexibility index (Phi) is 6.84. The second-order valence-corrected chi connectivity index (χ2v) is 10.4. The summed E-state index contributed by atoms with van der Waals surface area (Å²) in [4.78, 5) is 17.5. The highest BCUT2D eigenvalue weighted by Crippen LogP contribution is 2.30. The molecule has 0 amide bonds. The van der Waals surface area contributed by atoms with Crippen LogP contribution in [0.25, 0.3) is 10.9 Å². The first kappa shape index (κ1) is 23.7. The normalized spacial score (nSPS) is 12.6. The third kappa shape index (κ3) is 4.89. The summed E-state index contributed by atoms with van der Waals surface area (Å²) in [7, 11) is -2.08. The highest BCUT2D eigenvalue weighted by Gasteiger charge is 2.22. The predicted octanol–water partition coefficient (Wildman–Crippen LogP) is 5.26. The highest BCUT2D eigenvalue weighted by atomic mass is 32.2. The molecule has 34 heavy (non-hydrogen) atoms. The van der Waals surface area contributed by atoms with Crippen molar-refractivity contribution in [1.82, 2.24) is 9.55 Å². The van der Waals surface area contributed by atoms with Crippen molar-refractivity contribution in [3.8, 4) is 5.75 Å². The summed E-state index contributed by atoms with van der Waals surface area (Å²) in [5, 5.41) is 1.08. The molecule has 0 saturated carbocycles. The largest absolute Gasteiger partial charge is 0.497 e. The topological polar surface area (TPSA) is 78.3 Å². The van der Waals surface area contributed by atoms with Gasteiger partial charge in [-0.2, -0.15) is 0 Å². The van der Waals surface area contributed by atoms with Crippen molar-refractivity contribution in [3.63, 3.8) is 0 Å². The zero-order valence-corrected chi connectivity index (χ0v) is 20.4. The van der Waals surface area contributed by atoms with E-state index in [1.165, 1.54) is 17.8 Å². The lowest BCUT2D eigenvalue weighted by Crippen LogP contribution is -2.18. The minimum atomic E-state index is -3.73. The van der Waals surface area contributed by atoms with Crippen molar-refractivity contribution >= 4 is 26.5 Å². The number of ketones is 1. The second kappa shape index (κ2) is 9.81. The summed E-state index contributed by atoms with van der Waals surface area (Å²) >= 11 is 0. The van der Waals surface area contributed by atoms with Crippen LogP contribution in [-0.4, -0.2) is 36.6 Å². The first-order valence-electron chi connectivity index (χ1n) is 11.3. The summed E-state index contributed by atoms with van der Waals surface area (Å²) in [5.74, 6) is -0.00227. The number of methoxy groups -OCH3 is 1. The molecule has 2 aromatic heterocycles. The SMILES string of the molecule is CCC(C)c1cc2cc(OC)ccc2n1Cc1cccc(C(=O)CS(=O)(=O)c2ccccc2)n1. The van der Waals surface area contributed by atoms with Crippen molar-refractivity contribution in [2.45, 2.75) is 37.6 Å². The van der Waals surface area contributed by atoms with E-state index in [1.54, 1.807) is 37.4 Å². The molecule has 0 radical (unpaired) electrons. The molecular weight excluding hydrogens is 448 g/mol. The summed E-state index contributed by atoms with van der Waals surface area (Å²) in [6, 6.07) is 21.3. The Hall–Kier alpha value is -3.45. The summed E-state index contributed by atoms with van der Waals surface area (Å²) in [5.41, 5.74) is 3.08. The van der Waals surface area contributed by atoms with Gasteiger partial charge in [-0.25, -0.2) is 13.4 Å². The van der Waals surface area contributed by atoms with Gasteiger partial charge >= 0.3 is 0 Å². The van der Waals surface area contributed by atoms with Crippen molar-refractivity contribution in [3.05, 3.63) is 89.9 Å². The van der Waals surface area contributed by atoms with Crippen molar-refractivity contribution in [1.29, 1.82) is 0 Å². The number of Topliss-reactive ketones (excluding diaryl/α,β-unsaturated/α-hetero) is 1. The fourth-order valence-electron chi connectivity index (χ4n) is 4.03. The van der Waals surface area contributed by atoms with Crippen LogP contribution < -0.4 is 4.74 Å². The average molecular weight is 477 g/mol. The number of fused-ring (bicyclic) bond motifs is 1. The number of rotatable bonds is 9. The number of aromatic nitrogens is 2. The molecule has 0 fully saturated rings. The van der Waals surface area contributed by atoms with E-state index in [-0.39, 0.29) is 10.6 Å². The van der Waals surface area contributed by atoms with Gasteiger partial charge in [-0.05, 0) is 60.9 Å². The van der Waals surface area contributed by atoms with E-state index < -0.39 is 21.4 Å². The van der Waals surface area contributed by atoms with Gasteiger partial charge in [-0.15, -0.1) is 0 Å². The number of nitrogens with zero attached hydrogens (tertiary/aromatic N) is 2. The molecular formula is C27H28N2O4S. The van der Waals surface area contributed by atoms with Crippen LogP contribution in [0.4, 0.5) is 0 Å². The van der Waals surface area contributed by atoms with Gasteiger partial charge in [0.1, 0.15) is 17.2 Å². The second-order valence-electron chi connectivity index (χ2n) is 8.40. The van der Waals surface area contributed by atoms with Crippen molar-refractivity contribution in [2.24, 2.45) is 0 Å². The Morgan fingerprint density at radius 3 is 2.50 bits per heavy atom. The Labute approximate surface area is 200 Å². The number of pyridine rings is 1. The molecule has 0 bridgehead atoms. The van der Waals surface area contributed by atoms with E-state index in [0.29, 0.717) is 18.2 Å². The molecule has 0 aliphatic heterocycles. The maximum atomic E-state index is 12.8. The molecule has 6 nitrogen and oxygen atoms in total. The minimum absolute atomic E-state index is 0.131. The average Bonchev–Trinajstić information content (AvgIpc) is 3.21. The highest BCUT2D eigenvalue weighted by molar-refractivity contribution is 7.92. The van der Waals surface area contributed by atoms with Gasteiger partial charge in [0.15, 0.2) is 15.6 Å². The molecule has 7 heteroatoms. The first-order chi connectivity index (χ1) is 16.3. The molecule has 0 aliphatic rings. The number of ether oxygens (including phenoxy) is 1. The van der Waals surface area contributed by atoms with Crippen LogP contribution in [-0.2, 0) is 16.4 Å². The van der Waals surface area contributed by atoms with Gasteiger partial charge in [0, 0.05) is 16.6 Å². The third-order valence-electron chi connectivity index (χ3n) is 6.09. The van der Waals surface area contributed by atoms with E-state index in [2.05, 4.69) is 29.5 Å². The molecule has 2 aromatic carbocycles. The Morgan fingerprint density at radius 1 is 1.03 bits per heavy atom. The van der Waals surface area contributed by atoms with E-state index in [4.69, 9.17) is 4.74 Å². The molecule has 4 rings (SSSR count). The van der Waals surface area contributed by atoms with E-state index in [9.17, 15) is 13.2 Å². The predicted molar refractivity (Wildman–Crippen MR) is 133 cm³/mol. The lowest BCUT2D eigenvalue weighted by molar-refractivity contribution is 0.101. The van der Waals surface area contributed by atoms with E-state index >= 15 is 0 Å². The van der Waals surface area contributed by atoms with Crippen LogP contribution in [0.5, 0.6) is 5.75 Å². The minimum Gasteiger partial charge on any atom is -0.497 e. The number of carbonyl (C=O) groups is 1. The molecule has 176 valence electrons. The quantitative estimate of drug-likeness (QED) is 0.308. The van der Waals surface area contributed by atoms with Crippen molar-refractivity contribution < 1.29 is 17.9 Å². The van der Waals surface area contributed by atoms with Crippen LogP contribution in [0.15, 0.2) is 77.7 Å². The van der Waals surface area contributed by atoms with Crippen LogP contribution in [0.3, 0.4) is 0 Å². The van der Waals surface area contributed by atoms with Gasteiger partial charge in [0.2, 0.25) is 0 Å². The lowest BCUT2D eigenvalue weighted by Gasteiger charge is -2.15. The maximum Gasteiger partial charge on any atom is 0.196 e. The fraction of sp³-hybridized carbons (Fsp3) is 0.259. The Balaban J connectivity index is 1.64. The van der Waals surface area contributed by atoms with Crippen LogP contribution in [0, 0.1) is 0 Å². The molecule has 0 saturated heterocycles. The van der Waals surface area contributed by atoms with Crippen LogP contribution >= 0.6 is 0 Å². The number of hydrogen-bond acceptors (Lipinski definition) is 5. The summed E-state index contributed by atoms with van der Waals surface area (Å²) in [6.07, 6.45) is 0.983. The van der Waals surface area contributed by atoms with Gasteiger partial charge in [0.25, 0.3) is 0 Å². The van der Waals surface area contributed by atoms with Crippen molar-refractivity contribution in [2.75, 3.05) is 12.9 Å². The molecule has 4 aromatic rings. The fourth-order valence-corrected chi connectivity index (χ4v) is 5.27. The third-order valence-corrected chi connectivity index (χ3v) is 7.73. The molecule has 2 heterocycles. The number of sulfone groups is 1. The molecule has 0 spiro atoms. The molecule has 0 N–H and O–H groups in total. The zero-order chi connectivity index (χ0) is 24.3. The molecule has 1 unspecified atom stereocenters. The standard InChI is InChI=1S/C27H28N2O4S/c1-4-19(2)26-16-20-15-22(33-3)13-14-25(20)29(26)17-21-9-8-12-24(28-21)27(30)18-34(31,32)23-10-6-5-7-11-23/h5-16,19H,4,17-18H2,1-3H3. The summed E-state index contributed by atoms with van der Waals surface area (Å²) in [6.45, 7) is 4.81. The van der Waals surface area contributed by atoms with Gasteiger partial charge < -0.3 is 9.30 Å². The van der Waals surface area contributed by atoms with Crippen LogP contribution in [0.2, 0.25) is 0 Å². The number of benzene rings is 2. The van der Waals surface area contributed by atoms with Gasteiger partial charge in [-0.1, -0.05) is 38.1 Å². The monoisotopic (exact) mass is 476 g/mol.